The van der Waals surface area contributed by atoms with E-state index in [0.29, 0.717) is 5.25 Å². The van der Waals surface area contributed by atoms with Crippen molar-refractivity contribution in [1.82, 2.24) is 9.38 Å². The van der Waals surface area contributed by atoms with E-state index in [1.807, 2.05) is 36.7 Å². The first-order valence-corrected chi connectivity index (χ1v) is 7.73. The van der Waals surface area contributed by atoms with Gasteiger partial charge in [-0.1, -0.05) is 34.6 Å². The first kappa shape index (κ1) is 13.6. The predicted molar refractivity (Wildman–Crippen MR) is 77.8 cm³/mol. The zero-order chi connectivity index (χ0) is 13.5. The molecule has 0 bridgehead atoms. The smallest absolute Gasteiger partial charge is 0.195 e. The number of fused-ring (bicyclic) bond motifs is 1. The Bertz CT molecular complexity index is 575. The summed E-state index contributed by atoms with van der Waals surface area (Å²) in [7, 11) is 0. The van der Waals surface area contributed by atoms with Crippen molar-refractivity contribution < 1.29 is 4.79 Å². The topological polar surface area (TPSA) is 34.4 Å². The normalized spacial score (nSPS) is 12.6. The lowest BCUT2D eigenvalue weighted by molar-refractivity contribution is 0.0848. The van der Waals surface area contributed by atoms with Crippen LogP contribution >= 0.6 is 23.1 Å². The lowest BCUT2D eigenvalue weighted by atomic mass is 9.89. The second-order valence-corrected chi connectivity index (χ2v) is 8.01. The van der Waals surface area contributed by atoms with Crippen molar-refractivity contribution in [3.05, 3.63) is 17.3 Å². The van der Waals surface area contributed by atoms with E-state index in [1.165, 1.54) is 0 Å². The molecule has 0 saturated heterocycles. The average Bonchev–Trinajstić information content (AvgIpc) is 2.73. The SMILES string of the molecule is CC(C)Sc1nc2sccn2c1C(=O)C(C)(C)C. The standard InChI is InChI=1S/C13H18N2OS2/c1-8(2)18-11-9(10(16)13(3,4)5)15-6-7-17-12(15)14-11/h6-8H,1-5H3. The van der Waals surface area contributed by atoms with Gasteiger partial charge in [0.2, 0.25) is 0 Å². The van der Waals surface area contributed by atoms with Crippen molar-refractivity contribution in [2.24, 2.45) is 5.41 Å². The lowest BCUT2D eigenvalue weighted by Gasteiger charge is -2.17. The molecule has 0 aliphatic rings. The van der Waals surface area contributed by atoms with E-state index in [9.17, 15) is 4.79 Å². The Kier molecular flexibility index (Phi) is 3.56. The number of carbonyl (C=O) groups excluding carboxylic acids is 1. The number of nitrogens with zero attached hydrogens (tertiary/aromatic N) is 2. The molecular formula is C13H18N2OS2. The summed E-state index contributed by atoms with van der Waals surface area (Å²) in [5.41, 5.74) is 0.349. The van der Waals surface area contributed by atoms with E-state index in [1.54, 1.807) is 23.1 Å². The van der Waals surface area contributed by atoms with E-state index in [0.717, 1.165) is 15.7 Å². The van der Waals surface area contributed by atoms with Crippen molar-refractivity contribution in [3.8, 4) is 0 Å². The van der Waals surface area contributed by atoms with Gasteiger partial charge in [-0.25, -0.2) is 4.98 Å². The molecular weight excluding hydrogens is 264 g/mol. The molecule has 0 unspecified atom stereocenters. The lowest BCUT2D eigenvalue weighted by Crippen LogP contribution is -2.22. The molecule has 2 aromatic heterocycles. The molecule has 0 fully saturated rings. The first-order valence-electron chi connectivity index (χ1n) is 5.97. The molecule has 18 heavy (non-hydrogen) atoms. The summed E-state index contributed by atoms with van der Waals surface area (Å²) >= 11 is 3.22. The summed E-state index contributed by atoms with van der Waals surface area (Å²) < 4.78 is 1.92. The van der Waals surface area contributed by atoms with Crippen LogP contribution in [0.3, 0.4) is 0 Å². The van der Waals surface area contributed by atoms with Gasteiger partial charge in [-0.15, -0.1) is 23.1 Å². The molecule has 0 N–H and O–H groups in total. The Morgan fingerprint density at radius 1 is 1.44 bits per heavy atom. The maximum atomic E-state index is 12.6. The maximum Gasteiger partial charge on any atom is 0.195 e. The molecule has 2 aromatic rings. The summed E-state index contributed by atoms with van der Waals surface area (Å²) in [5, 5.41) is 3.24. The zero-order valence-electron chi connectivity index (χ0n) is 11.4. The van der Waals surface area contributed by atoms with Gasteiger partial charge in [-0.05, 0) is 0 Å². The fourth-order valence-electron chi connectivity index (χ4n) is 1.63. The molecule has 0 saturated carbocycles. The third-order valence-electron chi connectivity index (χ3n) is 2.47. The molecule has 2 rings (SSSR count). The van der Waals surface area contributed by atoms with Gasteiger partial charge in [0.05, 0.1) is 0 Å². The minimum atomic E-state index is -0.385. The van der Waals surface area contributed by atoms with Crippen molar-refractivity contribution in [3.63, 3.8) is 0 Å². The number of thiazole rings is 1. The number of Topliss-reactive ketones (excluding diaryl/α,β-unsaturated/α-hetero) is 1. The number of thioether (sulfide) groups is 1. The van der Waals surface area contributed by atoms with Crippen LogP contribution in [0, 0.1) is 5.41 Å². The highest BCUT2D eigenvalue weighted by Crippen LogP contribution is 2.32. The molecule has 0 aliphatic heterocycles. The van der Waals surface area contributed by atoms with Crippen LogP contribution in [-0.4, -0.2) is 20.4 Å². The van der Waals surface area contributed by atoms with E-state index < -0.39 is 0 Å². The van der Waals surface area contributed by atoms with Crippen LogP contribution in [-0.2, 0) is 0 Å². The summed E-state index contributed by atoms with van der Waals surface area (Å²) in [6.45, 7) is 10.1. The van der Waals surface area contributed by atoms with Gasteiger partial charge in [0.1, 0.15) is 10.7 Å². The first-order chi connectivity index (χ1) is 8.30. The average molecular weight is 282 g/mol. The molecule has 0 amide bonds. The van der Waals surface area contributed by atoms with Crippen molar-refractivity contribution in [1.29, 1.82) is 0 Å². The second-order valence-electron chi connectivity index (χ2n) is 5.57. The summed E-state index contributed by atoms with van der Waals surface area (Å²) in [5.74, 6) is 0.150. The summed E-state index contributed by atoms with van der Waals surface area (Å²) in [6.07, 6.45) is 1.93. The molecule has 0 aliphatic carbocycles. The molecule has 0 atom stereocenters. The number of hydrogen-bond acceptors (Lipinski definition) is 4. The monoisotopic (exact) mass is 282 g/mol. The van der Waals surface area contributed by atoms with E-state index in [4.69, 9.17) is 0 Å². The van der Waals surface area contributed by atoms with Crippen LogP contribution in [0.25, 0.3) is 4.96 Å². The maximum absolute atomic E-state index is 12.6. The van der Waals surface area contributed by atoms with Crippen LogP contribution in [0.1, 0.15) is 45.1 Å². The van der Waals surface area contributed by atoms with Gasteiger partial charge < -0.3 is 0 Å². The molecule has 0 aromatic carbocycles. The van der Waals surface area contributed by atoms with E-state index in [2.05, 4.69) is 18.8 Å². The Hall–Kier alpha value is -0.810. The van der Waals surface area contributed by atoms with Gasteiger partial charge in [-0.3, -0.25) is 9.20 Å². The van der Waals surface area contributed by atoms with Gasteiger partial charge in [0.25, 0.3) is 0 Å². The van der Waals surface area contributed by atoms with Crippen molar-refractivity contribution >= 4 is 33.8 Å². The van der Waals surface area contributed by atoms with Gasteiger partial charge >= 0.3 is 0 Å². The highest BCUT2D eigenvalue weighted by molar-refractivity contribution is 7.99. The molecule has 0 spiro atoms. The summed E-state index contributed by atoms with van der Waals surface area (Å²) in [4.78, 5) is 18.0. The summed E-state index contributed by atoms with van der Waals surface area (Å²) in [6, 6.07) is 0. The van der Waals surface area contributed by atoms with E-state index >= 15 is 0 Å². The number of carbonyl (C=O) groups is 1. The Morgan fingerprint density at radius 2 is 2.11 bits per heavy atom. The quantitative estimate of drug-likeness (QED) is 0.627. The van der Waals surface area contributed by atoms with E-state index in [-0.39, 0.29) is 11.2 Å². The number of imidazole rings is 1. The van der Waals surface area contributed by atoms with Crippen LogP contribution in [0.15, 0.2) is 16.6 Å². The predicted octanol–water partition coefficient (Wildman–Crippen LogP) is 4.13. The molecule has 5 heteroatoms. The number of aromatic nitrogens is 2. The largest absolute Gasteiger partial charge is 0.292 e. The third kappa shape index (κ3) is 2.47. The number of hydrogen-bond donors (Lipinski definition) is 0. The van der Waals surface area contributed by atoms with Gasteiger partial charge in [0, 0.05) is 22.2 Å². The fourth-order valence-corrected chi connectivity index (χ4v) is 3.29. The molecule has 2 heterocycles. The highest BCUT2D eigenvalue weighted by atomic mass is 32.2. The van der Waals surface area contributed by atoms with Crippen molar-refractivity contribution in [2.75, 3.05) is 0 Å². The number of rotatable bonds is 3. The number of ketones is 1. The van der Waals surface area contributed by atoms with Crippen LogP contribution in [0.2, 0.25) is 0 Å². The highest BCUT2D eigenvalue weighted by Gasteiger charge is 2.30. The van der Waals surface area contributed by atoms with Crippen LogP contribution in [0.5, 0.6) is 0 Å². The van der Waals surface area contributed by atoms with Crippen LogP contribution < -0.4 is 0 Å². The molecule has 98 valence electrons. The van der Waals surface area contributed by atoms with Gasteiger partial charge in [0.15, 0.2) is 10.7 Å². The minimum Gasteiger partial charge on any atom is -0.292 e. The Balaban J connectivity index is 2.57. The van der Waals surface area contributed by atoms with Gasteiger partial charge in [-0.2, -0.15) is 0 Å². The Labute approximate surface area is 116 Å². The van der Waals surface area contributed by atoms with Crippen LogP contribution in [0.4, 0.5) is 0 Å². The fraction of sp³-hybridized carbons (Fsp3) is 0.538. The molecule has 3 nitrogen and oxygen atoms in total. The third-order valence-corrected chi connectivity index (χ3v) is 4.21. The second kappa shape index (κ2) is 4.70. The molecule has 0 radical (unpaired) electrons. The Morgan fingerprint density at radius 3 is 2.67 bits per heavy atom. The minimum absolute atomic E-state index is 0.150. The van der Waals surface area contributed by atoms with Crippen molar-refractivity contribution in [2.45, 2.75) is 44.9 Å². The zero-order valence-corrected chi connectivity index (χ0v) is 13.0.